The molecule has 0 radical (unpaired) electrons. The van der Waals surface area contributed by atoms with Crippen molar-refractivity contribution in [3.8, 4) is 11.5 Å². The lowest BCUT2D eigenvalue weighted by Crippen LogP contribution is -2.13. The van der Waals surface area contributed by atoms with Crippen LogP contribution in [0.3, 0.4) is 0 Å². The van der Waals surface area contributed by atoms with Crippen LogP contribution in [0.1, 0.15) is 11.1 Å². The first-order valence-corrected chi connectivity index (χ1v) is 6.56. The maximum atomic E-state index is 12.9. The predicted octanol–water partition coefficient (Wildman–Crippen LogP) is 4.54. The van der Waals surface area contributed by atoms with Gasteiger partial charge in [0.05, 0.1) is 11.1 Å². The Kier molecular flexibility index (Phi) is 4.22. The molecule has 0 bridgehead atoms. The van der Waals surface area contributed by atoms with Crippen molar-refractivity contribution in [3.63, 3.8) is 0 Å². The monoisotopic (exact) mass is 358 g/mol. The Hall–Kier alpha value is -2.02. The second-order valence-electron chi connectivity index (χ2n) is 4.15. The third-order valence-corrected chi connectivity index (χ3v) is 3.14. The van der Waals surface area contributed by atoms with Crippen LogP contribution in [0, 0.1) is 5.41 Å². The van der Waals surface area contributed by atoms with Crippen LogP contribution in [-0.4, -0.2) is 5.84 Å². The Morgan fingerprint density at radius 1 is 1.10 bits per heavy atom. The Balaban J connectivity index is 2.49. The van der Waals surface area contributed by atoms with Gasteiger partial charge in [-0.3, -0.25) is 5.41 Å². The van der Waals surface area contributed by atoms with Gasteiger partial charge in [0.1, 0.15) is 17.3 Å². The van der Waals surface area contributed by atoms with Gasteiger partial charge < -0.3 is 10.5 Å². The molecule has 2 aromatic carbocycles. The average Bonchev–Trinajstić information content (AvgIpc) is 2.37. The highest BCUT2D eigenvalue weighted by molar-refractivity contribution is 9.10. The van der Waals surface area contributed by atoms with Gasteiger partial charge in [-0.25, -0.2) is 0 Å². The fraction of sp³-hybridized carbons (Fsp3) is 0.0714. The standard InChI is InChI=1S/C14H10BrF3N2O/c15-8-5-6-9(13(19)20)12(7-8)21-11-4-2-1-3-10(11)14(16,17)18/h1-7H,(H3,19,20). The van der Waals surface area contributed by atoms with Gasteiger partial charge in [0.15, 0.2) is 0 Å². The summed E-state index contributed by atoms with van der Waals surface area (Å²) >= 11 is 3.20. The molecule has 0 atom stereocenters. The zero-order valence-corrected chi connectivity index (χ0v) is 12.1. The Labute approximate surface area is 127 Å². The molecule has 0 unspecified atom stereocenters. The molecule has 0 aliphatic carbocycles. The van der Waals surface area contributed by atoms with E-state index in [0.29, 0.717) is 4.47 Å². The molecule has 110 valence electrons. The molecular weight excluding hydrogens is 349 g/mol. The van der Waals surface area contributed by atoms with E-state index in [1.807, 2.05) is 0 Å². The summed E-state index contributed by atoms with van der Waals surface area (Å²) in [5, 5.41) is 7.45. The molecule has 0 fully saturated rings. The number of nitrogens with two attached hydrogens (primary N) is 1. The summed E-state index contributed by atoms with van der Waals surface area (Å²) < 4.78 is 44.7. The van der Waals surface area contributed by atoms with Crippen LogP contribution in [0.25, 0.3) is 0 Å². The molecule has 21 heavy (non-hydrogen) atoms. The first kappa shape index (κ1) is 15.4. The van der Waals surface area contributed by atoms with E-state index in [2.05, 4.69) is 15.9 Å². The molecule has 0 heterocycles. The largest absolute Gasteiger partial charge is 0.456 e. The topological polar surface area (TPSA) is 59.1 Å². The van der Waals surface area contributed by atoms with Crippen LogP contribution < -0.4 is 10.5 Å². The summed E-state index contributed by atoms with van der Waals surface area (Å²) in [5.74, 6) is -0.554. The van der Waals surface area contributed by atoms with E-state index >= 15 is 0 Å². The maximum Gasteiger partial charge on any atom is 0.419 e. The molecule has 7 heteroatoms. The van der Waals surface area contributed by atoms with Gasteiger partial charge in [-0.05, 0) is 30.3 Å². The molecule has 3 N–H and O–H groups in total. The number of benzene rings is 2. The van der Waals surface area contributed by atoms with Crippen LogP contribution in [0.15, 0.2) is 46.9 Å². The molecular formula is C14H10BrF3N2O. The van der Waals surface area contributed by atoms with Crippen molar-refractivity contribution in [1.82, 2.24) is 0 Å². The minimum atomic E-state index is -4.53. The Bertz CT molecular complexity index is 686. The molecule has 0 amide bonds. The normalized spacial score (nSPS) is 11.2. The summed E-state index contributed by atoms with van der Waals surface area (Å²) in [7, 11) is 0. The number of nitrogen functional groups attached to an aromatic ring is 1. The van der Waals surface area contributed by atoms with Crippen LogP contribution in [0.4, 0.5) is 13.2 Å². The van der Waals surface area contributed by atoms with Gasteiger partial charge in [-0.15, -0.1) is 0 Å². The summed E-state index contributed by atoms with van der Waals surface area (Å²) in [6.45, 7) is 0. The number of nitrogens with one attached hydrogen (secondary N) is 1. The van der Waals surface area contributed by atoms with E-state index < -0.39 is 11.7 Å². The number of rotatable bonds is 3. The number of para-hydroxylation sites is 1. The zero-order valence-electron chi connectivity index (χ0n) is 10.5. The van der Waals surface area contributed by atoms with Crippen molar-refractivity contribution in [2.75, 3.05) is 0 Å². The lowest BCUT2D eigenvalue weighted by molar-refractivity contribution is -0.138. The zero-order chi connectivity index (χ0) is 15.6. The van der Waals surface area contributed by atoms with Crippen molar-refractivity contribution >= 4 is 21.8 Å². The molecule has 0 aliphatic heterocycles. The third kappa shape index (κ3) is 3.55. The van der Waals surface area contributed by atoms with Crippen LogP contribution >= 0.6 is 15.9 Å². The van der Waals surface area contributed by atoms with E-state index in [0.717, 1.165) is 6.07 Å². The molecule has 0 aliphatic rings. The lowest BCUT2D eigenvalue weighted by Gasteiger charge is -2.15. The molecule has 2 aromatic rings. The molecule has 0 aromatic heterocycles. The van der Waals surface area contributed by atoms with Crippen molar-refractivity contribution in [2.24, 2.45) is 5.73 Å². The molecule has 3 nitrogen and oxygen atoms in total. The molecule has 0 saturated carbocycles. The van der Waals surface area contributed by atoms with Crippen molar-refractivity contribution in [1.29, 1.82) is 5.41 Å². The van der Waals surface area contributed by atoms with Gasteiger partial charge in [0, 0.05) is 4.47 Å². The van der Waals surface area contributed by atoms with Crippen LogP contribution in [0.2, 0.25) is 0 Å². The molecule has 0 saturated heterocycles. The van der Waals surface area contributed by atoms with Crippen LogP contribution in [0.5, 0.6) is 11.5 Å². The second-order valence-corrected chi connectivity index (χ2v) is 5.07. The summed E-state index contributed by atoms with van der Waals surface area (Å²) in [6, 6.07) is 9.45. The fourth-order valence-electron chi connectivity index (χ4n) is 1.71. The number of alkyl halides is 3. The molecule has 0 spiro atoms. The van der Waals surface area contributed by atoms with Gasteiger partial charge in [-0.1, -0.05) is 28.1 Å². The number of ether oxygens (including phenoxy) is 1. The highest BCUT2D eigenvalue weighted by Crippen LogP contribution is 2.39. The molecule has 2 rings (SSSR count). The van der Waals surface area contributed by atoms with Gasteiger partial charge >= 0.3 is 6.18 Å². The average molecular weight is 359 g/mol. The van der Waals surface area contributed by atoms with E-state index in [1.165, 1.54) is 30.3 Å². The van der Waals surface area contributed by atoms with E-state index in [4.69, 9.17) is 15.9 Å². The van der Waals surface area contributed by atoms with E-state index in [9.17, 15) is 13.2 Å². The smallest absolute Gasteiger partial charge is 0.419 e. The summed E-state index contributed by atoms with van der Waals surface area (Å²) in [5.41, 5.74) is 4.74. The fourth-order valence-corrected chi connectivity index (χ4v) is 2.05. The first-order chi connectivity index (χ1) is 9.79. The van der Waals surface area contributed by atoms with E-state index in [1.54, 1.807) is 6.07 Å². The van der Waals surface area contributed by atoms with Gasteiger partial charge in [0.2, 0.25) is 0 Å². The van der Waals surface area contributed by atoms with Gasteiger partial charge in [0.25, 0.3) is 0 Å². The number of hydrogen-bond donors (Lipinski definition) is 2. The van der Waals surface area contributed by atoms with Crippen molar-refractivity contribution < 1.29 is 17.9 Å². The van der Waals surface area contributed by atoms with E-state index in [-0.39, 0.29) is 22.9 Å². The summed E-state index contributed by atoms with van der Waals surface area (Å²) in [6.07, 6.45) is -4.53. The minimum Gasteiger partial charge on any atom is -0.456 e. The number of amidine groups is 1. The number of hydrogen-bond acceptors (Lipinski definition) is 2. The lowest BCUT2D eigenvalue weighted by atomic mass is 10.1. The second kappa shape index (κ2) is 5.77. The van der Waals surface area contributed by atoms with Crippen molar-refractivity contribution in [2.45, 2.75) is 6.18 Å². The maximum absolute atomic E-state index is 12.9. The highest BCUT2D eigenvalue weighted by atomic mass is 79.9. The predicted molar refractivity (Wildman–Crippen MR) is 76.7 cm³/mol. The first-order valence-electron chi connectivity index (χ1n) is 5.77. The number of halogens is 4. The Morgan fingerprint density at radius 3 is 2.38 bits per heavy atom. The summed E-state index contributed by atoms with van der Waals surface area (Å²) in [4.78, 5) is 0. The minimum absolute atomic E-state index is 0.0774. The quantitative estimate of drug-likeness (QED) is 0.624. The Morgan fingerprint density at radius 2 is 1.76 bits per heavy atom. The SMILES string of the molecule is N=C(N)c1ccc(Br)cc1Oc1ccccc1C(F)(F)F. The van der Waals surface area contributed by atoms with Gasteiger partial charge in [-0.2, -0.15) is 13.2 Å². The third-order valence-electron chi connectivity index (χ3n) is 2.65. The van der Waals surface area contributed by atoms with Crippen LogP contribution in [-0.2, 0) is 6.18 Å². The highest BCUT2D eigenvalue weighted by Gasteiger charge is 2.34. The van der Waals surface area contributed by atoms with Crippen molar-refractivity contribution in [3.05, 3.63) is 58.1 Å².